The van der Waals surface area contributed by atoms with Gasteiger partial charge in [0.15, 0.2) is 0 Å². The van der Waals surface area contributed by atoms with E-state index in [2.05, 4.69) is 174 Å². The van der Waals surface area contributed by atoms with Crippen molar-refractivity contribution in [3.05, 3.63) is 215 Å². The third-order valence-corrected chi connectivity index (χ3v) is 10.9. The molecule has 0 unspecified atom stereocenters. The summed E-state index contributed by atoms with van der Waals surface area (Å²) in [6.45, 7) is 14.1. The predicted octanol–water partition coefficient (Wildman–Crippen LogP) is 6.93. The maximum absolute atomic E-state index is 3.39. The van der Waals surface area contributed by atoms with Crippen molar-refractivity contribution in [2.24, 2.45) is 5.41 Å². The molecule has 0 spiro atoms. The molecule has 6 aromatic rings. The van der Waals surface area contributed by atoms with E-state index < -0.39 is 0 Å². The summed E-state index contributed by atoms with van der Waals surface area (Å²) >= 11 is 1.06. The van der Waals surface area contributed by atoms with E-state index in [-0.39, 0.29) is 35.6 Å². The van der Waals surface area contributed by atoms with Crippen LogP contribution in [0.25, 0.3) is 45.0 Å². The summed E-state index contributed by atoms with van der Waals surface area (Å²) in [6, 6.07) is 51.6. The van der Waals surface area contributed by atoms with Crippen molar-refractivity contribution in [3.8, 4) is 22.3 Å². The molecule has 0 saturated carbocycles. The van der Waals surface area contributed by atoms with Gasteiger partial charge in [0.2, 0.25) is 0 Å². The molecule has 4 aliphatic rings. The quantitative estimate of drug-likeness (QED) is 0.131. The van der Waals surface area contributed by atoms with Gasteiger partial charge in [-0.2, -0.15) is 23.4 Å². The first-order valence-corrected chi connectivity index (χ1v) is 22.3. The molecular formula is C55H54Cl2Hf-2. The summed E-state index contributed by atoms with van der Waals surface area (Å²) in [5.74, 6) is 0. The van der Waals surface area contributed by atoms with E-state index in [4.69, 9.17) is 0 Å². The molecule has 0 radical (unpaired) electrons. The second kappa shape index (κ2) is 21.0. The Kier molecular flexibility index (Phi) is 16.8. The van der Waals surface area contributed by atoms with E-state index in [0.717, 1.165) is 36.7 Å². The first-order valence-electron chi connectivity index (χ1n) is 19.7. The number of halogens is 2. The van der Waals surface area contributed by atoms with Crippen LogP contribution in [-0.4, -0.2) is 4.26 Å². The van der Waals surface area contributed by atoms with Crippen molar-refractivity contribution in [1.82, 2.24) is 0 Å². The molecule has 0 N–H and O–H groups in total. The van der Waals surface area contributed by atoms with Gasteiger partial charge in [-0.15, -0.1) is 5.56 Å². The average molecular weight is 964 g/mol. The molecule has 0 nitrogen and oxygen atoms in total. The van der Waals surface area contributed by atoms with Gasteiger partial charge in [-0.3, -0.25) is 0 Å². The van der Waals surface area contributed by atoms with Gasteiger partial charge in [0.1, 0.15) is 0 Å². The third kappa shape index (κ3) is 10.6. The van der Waals surface area contributed by atoms with Gasteiger partial charge in [-0.25, -0.2) is 24.1 Å². The first kappa shape index (κ1) is 46.3. The van der Waals surface area contributed by atoms with Crippen LogP contribution >= 0.6 is 0 Å². The molecule has 0 bridgehead atoms. The number of benzene rings is 5. The van der Waals surface area contributed by atoms with Gasteiger partial charge in [0.25, 0.3) is 0 Å². The van der Waals surface area contributed by atoms with Crippen LogP contribution in [-0.2, 0) is 35.7 Å². The van der Waals surface area contributed by atoms with Crippen LogP contribution in [0.15, 0.2) is 175 Å². The maximum atomic E-state index is 3.39. The Hall–Kier alpha value is -4.40. The van der Waals surface area contributed by atoms with E-state index in [1.807, 2.05) is 54.6 Å². The van der Waals surface area contributed by atoms with Gasteiger partial charge in [-0.05, 0) is 75.3 Å². The second-order valence-electron chi connectivity index (χ2n) is 16.1. The van der Waals surface area contributed by atoms with Crippen LogP contribution < -0.4 is 35.3 Å². The fraction of sp³-hybridized carbons (Fsp3) is 0.182. The van der Waals surface area contributed by atoms with E-state index in [9.17, 15) is 0 Å². The van der Waals surface area contributed by atoms with E-state index in [1.54, 1.807) is 27.8 Å². The summed E-state index contributed by atoms with van der Waals surface area (Å²) < 4.78 is 3.39. The molecule has 0 fully saturated rings. The zero-order valence-corrected chi connectivity index (χ0v) is 39.8. The first-order chi connectivity index (χ1) is 27.1. The van der Waals surface area contributed by atoms with Crippen molar-refractivity contribution in [2.45, 2.75) is 59.8 Å². The topological polar surface area (TPSA) is 0 Å². The van der Waals surface area contributed by atoms with Crippen molar-refractivity contribution >= 4 is 27.1 Å². The Morgan fingerprint density at radius 1 is 0.586 bits per heavy atom. The van der Waals surface area contributed by atoms with E-state index in [0.29, 0.717) is 0 Å². The maximum Gasteiger partial charge on any atom is -0.0184 e. The number of hydrogen-bond acceptors (Lipinski definition) is 0. The standard InChI is InChI=1S/C25H27.2C12H10.C5H5.CH2.2ClH.Hf/c1-14-7-8-17-20(14)22-18(23-21(17)15(2)12-25(23,5)6)11-16-9-10-24(3,4)13-19(16)22;2*1-3-7-11(8-4-1)12-9-5-2-6-10-12;1-2-4-5-3-1;;;;/h7-10,12H,11,13H2,1-6H3;2*1-10H;1-5H;1H2;2*1H;/q-1;;;-1;;;;+2/p-2. The molecule has 10 rings (SSSR count). The molecule has 0 atom stereocenters. The normalized spacial score (nSPS) is 15.0. The molecule has 0 aromatic heterocycles. The SMILES string of the molecule is CC1=CC=c2c1c1c(c3c2=C(C)[CH-]C3(C)C)CC2=C1CC(C)(C)C=C2.[CH2]=[Hf+2].[Cl-].[Cl-].c1cc[cH-]c1.c1ccc(-c2ccccc2)cc1.c1ccc(-c2ccccc2)cc1. The smallest absolute Gasteiger partial charge is 0.0184 e. The summed E-state index contributed by atoms with van der Waals surface area (Å²) in [5.41, 5.74) is 17.9. The number of hydrogen-bond donors (Lipinski definition) is 0. The molecule has 0 heterocycles. The molecule has 4 aliphatic carbocycles. The van der Waals surface area contributed by atoms with Crippen molar-refractivity contribution in [2.75, 3.05) is 0 Å². The number of rotatable bonds is 2. The summed E-state index contributed by atoms with van der Waals surface area (Å²) in [7, 11) is 0. The largest absolute Gasteiger partial charge is 1.00 e. The minimum absolute atomic E-state index is 0. The molecule has 0 amide bonds. The Balaban J connectivity index is 0.000000190. The molecule has 294 valence electrons. The van der Waals surface area contributed by atoms with Gasteiger partial charge < -0.3 is 24.8 Å². The fourth-order valence-electron chi connectivity index (χ4n) is 8.51. The van der Waals surface area contributed by atoms with Crippen molar-refractivity contribution in [3.63, 3.8) is 0 Å². The van der Waals surface area contributed by atoms with Crippen LogP contribution in [0.1, 0.15) is 70.2 Å². The third-order valence-electron chi connectivity index (χ3n) is 10.9. The van der Waals surface area contributed by atoms with Gasteiger partial charge >= 0.3 is 28.2 Å². The predicted molar refractivity (Wildman–Crippen MR) is 241 cm³/mol. The van der Waals surface area contributed by atoms with Crippen molar-refractivity contribution in [1.29, 1.82) is 0 Å². The summed E-state index contributed by atoms with van der Waals surface area (Å²) in [6.07, 6.45) is 14.3. The molecule has 0 saturated heterocycles. The van der Waals surface area contributed by atoms with Crippen LogP contribution in [0.2, 0.25) is 0 Å². The number of fused-ring (bicyclic) bond motifs is 7. The molecule has 58 heavy (non-hydrogen) atoms. The number of allylic oxidation sites excluding steroid dienone is 6. The van der Waals surface area contributed by atoms with E-state index in [1.165, 1.54) is 49.4 Å². The minimum atomic E-state index is 0. The second-order valence-corrected chi connectivity index (χ2v) is 16.1. The monoisotopic (exact) mass is 964 g/mol. The van der Waals surface area contributed by atoms with Crippen LogP contribution in [0.3, 0.4) is 0 Å². The zero-order valence-electron chi connectivity index (χ0n) is 34.7. The van der Waals surface area contributed by atoms with Crippen LogP contribution in [0, 0.1) is 11.8 Å². The van der Waals surface area contributed by atoms with Gasteiger partial charge in [0.05, 0.1) is 0 Å². The van der Waals surface area contributed by atoms with Gasteiger partial charge in [0, 0.05) is 0 Å². The van der Waals surface area contributed by atoms with Gasteiger partial charge in [-0.1, -0.05) is 196 Å². The van der Waals surface area contributed by atoms with Crippen molar-refractivity contribution < 1.29 is 48.7 Å². The van der Waals surface area contributed by atoms with E-state index >= 15 is 0 Å². The van der Waals surface area contributed by atoms with Crippen LogP contribution in [0.5, 0.6) is 0 Å². The molecule has 6 aromatic carbocycles. The Morgan fingerprint density at radius 2 is 1.03 bits per heavy atom. The Labute approximate surface area is 375 Å². The molecular weight excluding hydrogens is 910 g/mol. The average Bonchev–Trinajstić information content (AvgIpc) is 4.05. The molecule has 0 aliphatic heterocycles. The minimum Gasteiger partial charge on any atom is -1.00 e. The zero-order chi connectivity index (χ0) is 39.7. The Morgan fingerprint density at radius 3 is 1.45 bits per heavy atom. The van der Waals surface area contributed by atoms with Crippen LogP contribution in [0.4, 0.5) is 0 Å². The fourth-order valence-corrected chi connectivity index (χ4v) is 8.51. The summed E-state index contributed by atoms with van der Waals surface area (Å²) in [4.78, 5) is 0. The molecule has 3 heteroatoms. The Bertz CT molecular complexity index is 2280. The summed E-state index contributed by atoms with van der Waals surface area (Å²) in [5, 5.41) is 3.00.